The quantitative estimate of drug-likeness (QED) is 0.606. The van der Waals surface area contributed by atoms with Gasteiger partial charge in [0.15, 0.2) is 5.82 Å². The number of nitrogens with two attached hydrogens (primary N) is 1. The molecule has 0 aliphatic carbocycles. The third kappa shape index (κ3) is 4.86. The molecule has 2 heterocycles. The van der Waals surface area contributed by atoms with E-state index in [0.717, 1.165) is 48.6 Å². The van der Waals surface area contributed by atoms with Gasteiger partial charge in [0.2, 0.25) is 5.91 Å². The summed E-state index contributed by atoms with van der Waals surface area (Å²) in [6.45, 7) is 2.00. The lowest BCUT2D eigenvalue weighted by molar-refractivity contribution is -0.123. The van der Waals surface area contributed by atoms with Crippen LogP contribution in [0.25, 0.3) is 0 Å². The zero-order valence-corrected chi connectivity index (χ0v) is 18.1. The fourth-order valence-corrected chi connectivity index (χ4v) is 4.16. The normalized spacial score (nSPS) is 16.2. The Bertz CT molecular complexity index is 1010. The van der Waals surface area contributed by atoms with Gasteiger partial charge < -0.3 is 10.5 Å². The summed E-state index contributed by atoms with van der Waals surface area (Å²) in [4.78, 5) is 13.9. The summed E-state index contributed by atoms with van der Waals surface area (Å²) >= 11 is 6.12. The van der Waals surface area contributed by atoms with Crippen LogP contribution in [-0.4, -0.2) is 51.2 Å². The number of aromatic nitrogens is 4. The summed E-state index contributed by atoms with van der Waals surface area (Å²) < 4.78 is 7.06. The van der Waals surface area contributed by atoms with Crippen molar-refractivity contribution in [1.29, 1.82) is 0 Å². The first-order valence-electron chi connectivity index (χ1n) is 10.2. The number of tetrazole rings is 1. The number of amides is 1. The molecule has 1 atom stereocenters. The van der Waals surface area contributed by atoms with E-state index in [1.807, 2.05) is 53.2 Å². The number of carbonyl (C=O) groups is 1. The Morgan fingerprint density at radius 1 is 1.16 bits per heavy atom. The van der Waals surface area contributed by atoms with Crippen LogP contribution in [0, 0.1) is 5.92 Å². The summed E-state index contributed by atoms with van der Waals surface area (Å²) in [5.74, 6) is 1.23. The van der Waals surface area contributed by atoms with Crippen LogP contribution in [0.15, 0.2) is 48.5 Å². The van der Waals surface area contributed by atoms with Crippen LogP contribution in [0.2, 0.25) is 5.02 Å². The Balaban J connectivity index is 1.63. The molecule has 0 saturated carbocycles. The topological polar surface area (TPSA) is 99.2 Å². The number of hydrogen-bond acceptors (Lipinski definition) is 6. The molecule has 0 unspecified atom stereocenters. The van der Waals surface area contributed by atoms with E-state index >= 15 is 0 Å². The molecule has 0 bridgehead atoms. The molecule has 2 N–H and O–H groups in total. The number of ether oxygens (including phenoxy) is 1. The standard InChI is InChI=1S/C22H25ClN6O2/c1-31-19-8-2-15(3-9-19)14-29-22(25-26-27-29)20(16-4-6-18(23)7-5-16)28-12-10-17(11-13-28)21(24)30/h2-9,17,20H,10-14H2,1H3,(H2,24,30)/t20-/m1/s1. The van der Waals surface area contributed by atoms with Gasteiger partial charge in [0.25, 0.3) is 0 Å². The van der Waals surface area contributed by atoms with Crippen molar-refractivity contribution in [3.63, 3.8) is 0 Å². The Morgan fingerprint density at radius 2 is 1.84 bits per heavy atom. The van der Waals surface area contributed by atoms with E-state index in [-0.39, 0.29) is 17.9 Å². The van der Waals surface area contributed by atoms with Crippen LogP contribution in [-0.2, 0) is 11.3 Å². The number of carbonyl (C=O) groups excluding carboxylic acids is 1. The number of primary amides is 1. The summed E-state index contributed by atoms with van der Waals surface area (Å²) in [5, 5.41) is 13.3. The van der Waals surface area contributed by atoms with Gasteiger partial charge in [0.1, 0.15) is 5.75 Å². The number of nitrogens with zero attached hydrogens (tertiary/aromatic N) is 5. The maximum absolute atomic E-state index is 11.6. The Kier molecular flexibility index (Phi) is 6.48. The molecule has 1 amide bonds. The fraction of sp³-hybridized carbons (Fsp3) is 0.364. The minimum atomic E-state index is -0.230. The van der Waals surface area contributed by atoms with Crippen molar-refractivity contribution in [3.05, 3.63) is 70.5 Å². The van der Waals surface area contributed by atoms with Crippen LogP contribution in [0.1, 0.15) is 35.8 Å². The first kappa shape index (κ1) is 21.3. The summed E-state index contributed by atoms with van der Waals surface area (Å²) in [7, 11) is 1.65. The number of methoxy groups -OCH3 is 1. The van der Waals surface area contributed by atoms with Gasteiger partial charge in [-0.15, -0.1) is 5.10 Å². The highest BCUT2D eigenvalue weighted by molar-refractivity contribution is 6.30. The van der Waals surface area contributed by atoms with Crippen molar-refractivity contribution in [2.24, 2.45) is 11.7 Å². The van der Waals surface area contributed by atoms with Crippen molar-refractivity contribution in [2.45, 2.75) is 25.4 Å². The highest BCUT2D eigenvalue weighted by Crippen LogP contribution is 2.32. The lowest BCUT2D eigenvalue weighted by atomic mass is 9.93. The van der Waals surface area contributed by atoms with E-state index in [0.29, 0.717) is 11.6 Å². The van der Waals surface area contributed by atoms with E-state index in [2.05, 4.69) is 20.4 Å². The number of halogens is 1. The smallest absolute Gasteiger partial charge is 0.220 e. The van der Waals surface area contributed by atoms with Crippen LogP contribution in [0.4, 0.5) is 0 Å². The van der Waals surface area contributed by atoms with Crippen LogP contribution in [0.5, 0.6) is 5.75 Å². The highest BCUT2D eigenvalue weighted by Gasteiger charge is 2.32. The molecule has 31 heavy (non-hydrogen) atoms. The third-order valence-electron chi connectivity index (χ3n) is 5.78. The molecule has 1 aromatic heterocycles. The summed E-state index contributed by atoms with van der Waals surface area (Å²) in [5.41, 5.74) is 7.64. The molecule has 1 fully saturated rings. The SMILES string of the molecule is COc1ccc(Cn2nnnc2[C@@H](c2ccc(Cl)cc2)N2CCC(C(N)=O)CC2)cc1. The van der Waals surface area contributed by atoms with Gasteiger partial charge >= 0.3 is 0 Å². The molecule has 8 nitrogen and oxygen atoms in total. The second-order valence-corrected chi connectivity index (χ2v) is 8.15. The molecule has 0 spiro atoms. The zero-order chi connectivity index (χ0) is 21.8. The molecule has 1 aliphatic heterocycles. The van der Waals surface area contributed by atoms with Crippen molar-refractivity contribution < 1.29 is 9.53 Å². The number of piperidine rings is 1. The average Bonchev–Trinajstić information content (AvgIpc) is 3.24. The minimum Gasteiger partial charge on any atom is -0.497 e. The molecule has 3 aromatic rings. The fourth-order valence-electron chi connectivity index (χ4n) is 4.03. The molecule has 1 aliphatic rings. The summed E-state index contributed by atoms with van der Waals surface area (Å²) in [6.07, 6.45) is 1.44. The van der Waals surface area contributed by atoms with Crippen LogP contribution >= 0.6 is 11.6 Å². The van der Waals surface area contributed by atoms with Gasteiger partial charge in [-0.1, -0.05) is 35.9 Å². The molecule has 0 radical (unpaired) electrons. The maximum Gasteiger partial charge on any atom is 0.220 e. The molecule has 9 heteroatoms. The Hall–Kier alpha value is -2.97. The van der Waals surface area contributed by atoms with Gasteiger partial charge in [0.05, 0.1) is 19.7 Å². The summed E-state index contributed by atoms with van der Waals surface area (Å²) in [6, 6.07) is 15.4. The maximum atomic E-state index is 11.6. The van der Waals surface area contributed by atoms with E-state index in [4.69, 9.17) is 22.1 Å². The van der Waals surface area contributed by atoms with Gasteiger partial charge in [-0.05, 0) is 71.8 Å². The molecule has 162 valence electrons. The van der Waals surface area contributed by atoms with Crippen LogP contribution < -0.4 is 10.5 Å². The van der Waals surface area contributed by atoms with E-state index in [1.54, 1.807) is 7.11 Å². The molecule has 4 rings (SSSR count). The van der Waals surface area contributed by atoms with Gasteiger partial charge in [-0.2, -0.15) is 0 Å². The second kappa shape index (κ2) is 9.45. The van der Waals surface area contributed by atoms with Crippen molar-refractivity contribution >= 4 is 17.5 Å². The van der Waals surface area contributed by atoms with Crippen molar-refractivity contribution in [1.82, 2.24) is 25.1 Å². The largest absolute Gasteiger partial charge is 0.497 e. The number of rotatable bonds is 7. The van der Waals surface area contributed by atoms with E-state index < -0.39 is 0 Å². The Labute approximate surface area is 185 Å². The molecule has 2 aromatic carbocycles. The van der Waals surface area contributed by atoms with Gasteiger partial charge in [-0.3, -0.25) is 9.69 Å². The first-order valence-corrected chi connectivity index (χ1v) is 10.6. The monoisotopic (exact) mass is 440 g/mol. The minimum absolute atomic E-state index is 0.0857. The second-order valence-electron chi connectivity index (χ2n) is 7.71. The number of hydrogen-bond donors (Lipinski definition) is 1. The molecule has 1 saturated heterocycles. The van der Waals surface area contributed by atoms with Crippen molar-refractivity contribution in [3.8, 4) is 5.75 Å². The van der Waals surface area contributed by atoms with Gasteiger partial charge in [0, 0.05) is 10.9 Å². The predicted molar refractivity (Wildman–Crippen MR) is 117 cm³/mol. The predicted octanol–water partition coefficient (Wildman–Crippen LogP) is 2.67. The van der Waals surface area contributed by atoms with Crippen LogP contribution in [0.3, 0.4) is 0 Å². The average molecular weight is 441 g/mol. The lowest BCUT2D eigenvalue weighted by Crippen LogP contribution is -2.41. The molecular formula is C22H25ClN6O2. The molecular weight excluding hydrogens is 416 g/mol. The van der Waals surface area contributed by atoms with E-state index in [1.165, 1.54) is 0 Å². The first-order chi connectivity index (χ1) is 15.0. The highest BCUT2D eigenvalue weighted by atomic mass is 35.5. The van der Waals surface area contributed by atoms with E-state index in [9.17, 15) is 4.79 Å². The number of benzene rings is 2. The number of likely N-dealkylation sites (tertiary alicyclic amines) is 1. The van der Waals surface area contributed by atoms with Crippen molar-refractivity contribution in [2.75, 3.05) is 20.2 Å². The lowest BCUT2D eigenvalue weighted by Gasteiger charge is -2.36. The Morgan fingerprint density at radius 3 is 2.45 bits per heavy atom. The third-order valence-corrected chi connectivity index (χ3v) is 6.03. The zero-order valence-electron chi connectivity index (χ0n) is 17.3. The van der Waals surface area contributed by atoms with Gasteiger partial charge in [-0.25, -0.2) is 4.68 Å².